The Morgan fingerprint density at radius 2 is 1.70 bits per heavy atom. The van der Waals surface area contributed by atoms with Gasteiger partial charge in [-0.25, -0.2) is 0 Å². The Hall–Kier alpha value is -3.11. The van der Waals surface area contributed by atoms with Crippen LogP contribution in [0.3, 0.4) is 0 Å². The van der Waals surface area contributed by atoms with E-state index in [1.165, 1.54) is 38.5 Å². The van der Waals surface area contributed by atoms with Crippen LogP contribution < -0.4 is 5.32 Å². The fourth-order valence-electron chi connectivity index (χ4n) is 6.55. The van der Waals surface area contributed by atoms with Gasteiger partial charge in [-0.1, -0.05) is 70.2 Å². The maximum absolute atomic E-state index is 13.0. The maximum atomic E-state index is 13.0. The van der Waals surface area contributed by atoms with Crippen LogP contribution in [-0.4, -0.2) is 16.6 Å². The van der Waals surface area contributed by atoms with Crippen LogP contribution in [0.5, 0.6) is 0 Å². The van der Waals surface area contributed by atoms with E-state index >= 15 is 0 Å². The number of fused-ring (bicyclic) bond motifs is 13. The third kappa shape index (κ3) is 2.42. The highest BCUT2D eigenvalue weighted by Crippen LogP contribution is 2.59. The summed E-state index contributed by atoms with van der Waals surface area (Å²) in [7, 11) is 0. The monoisotopic (exact) mass is 438 g/mol. The molecule has 4 heteroatoms. The fraction of sp³-hybridized carbons (Fsp3) is 0.345. The maximum Gasteiger partial charge on any atom is 0.252 e. The normalized spacial score (nSPS) is 22.7. The minimum Gasteiger partial charge on any atom is -0.354 e. The molecule has 4 heterocycles. The van der Waals surface area contributed by atoms with Gasteiger partial charge in [0.05, 0.1) is 22.7 Å². The van der Waals surface area contributed by atoms with E-state index < -0.39 is 0 Å². The van der Waals surface area contributed by atoms with Gasteiger partial charge in [-0.2, -0.15) is 0 Å². The number of rotatable bonds is 0. The molecule has 4 nitrogen and oxygen atoms in total. The first-order chi connectivity index (χ1) is 16.3. The number of hydrogen-bond donors (Lipinski definition) is 1. The highest BCUT2D eigenvalue weighted by molar-refractivity contribution is 6.20. The highest BCUT2D eigenvalue weighted by Gasteiger charge is 2.48. The number of nitrogens with one attached hydrogen (secondary N) is 1. The second-order valence-corrected chi connectivity index (χ2v) is 8.71. The molecule has 1 N–H and O–H groups in total. The van der Waals surface area contributed by atoms with Crippen LogP contribution in [0.1, 0.15) is 79.7 Å². The van der Waals surface area contributed by atoms with Gasteiger partial charge >= 0.3 is 0 Å². The molecule has 168 valence electrons. The number of carbonyl (C=O) groups excluding carboxylic acids is 1. The molecule has 3 atom stereocenters. The predicted octanol–water partition coefficient (Wildman–Crippen LogP) is 6.89. The number of benzene rings is 3. The minimum absolute atomic E-state index is 0.0655. The lowest BCUT2D eigenvalue weighted by Crippen LogP contribution is -2.16. The topological polar surface area (TPSA) is 43.3 Å². The second-order valence-electron chi connectivity index (χ2n) is 8.71. The Labute approximate surface area is 194 Å². The quantitative estimate of drug-likeness (QED) is 0.325. The molecule has 1 fully saturated rings. The molecule has 4 aromatic rings. The zero-order chi connectivity index (χ0) is 22.9. The number of ether oxygens (including phenoxy) is 1. The van der Waals surface area contributed by atoms with Crippen LogP contribution in [0.25, 0.3) is 32.9 Å². The summed E-state index contributed by atoms with van der Waals surface area (Å²) in [6.45, 7) is 8.60. The minimum atomic E-state index is 0.0655. The Kier molecular flexibility index (Phi) is 4.63. The molecule has 0 saturated carbocycles. The summed E-state index contributed by atoms with van der Waals surface area (Å²) >= 11 is 0. The highest BCUT2D eigenvalue weighted by atomic mass is 16.5. The van der Waals surface area contributed by atoms with Crippen molar-refractivity contribution in [2.24, 2.45) is 0 Å². The Morgan fingerprint density at radius 3 is 2.55 bits per heavy atom. The lowest BCUT2D eigenvalue weighted by molar-refractivity contribution is 0.00493. The average Bonchev–Trinajstić information content (AvgIpc) is 3.61. The van der Waals surface area contributed by atoms with Gasteiger partial charge in [0.2, 0.25) is 0 Å². The molecule has 3 unspecified atom stereocenters. The number of nitrogens with zero attached hydrogens (tertiary/aromatic N) is 1. The molecule has 1 amide bonds. The van der Waals surface area contributed by atoms with Crippen LogP contribution in [0.4, 0.5) is 0 Å². The lowest BCUT2D eigenvalue weighted by atomic mass is 9.86. The SMILES string of the molecule is CC.CC.O=C1NCc2c1c1c3c4c2c2ccccc2n4C2CCC(O2)C3c2ccccc2-1. The van der Waals surface area contributed by atoms with Crippen molar-refractivity contribution in [2.75, 3.05) is 0 Å². The third-order valence-electron chi connectivity index (χ3n) is 7.51. The number of aromatic nitrogens is 1. The van der Waals surface area contributed by atoms with E-state index in [1.54, 1.807) is 0 Å². The molecule has 3 aromatic carbocycles. The van der Waals surface area contributed by atoms with Gasteiger partial charge < -0.3 is 14.6 Å². The van der Waals surface area contributed by atoms with E-state index in [0.717, 1.165) is 29.5 Å². The van der Waals surface area contributed by atoms with E-state index in [1.807, 2.05) is 27.7 Å². The molecule has 1 aromatic heterocycles. The number of hydrogen-bond acceptors (Lipinski definition) is 2. The van der Waals surface area contributed by atoms with Gasteiger partial charge in [-0.15, -0.1) is 0 Å². The summed E-state index contributed by atoms with van der Waals surface area (Å²) in [5.74, 6) is 0.272. The summed E-state index contributed by atoms with van der Waals surface area (Å²) < 4.78 is 9.12. The molecule has 3 aliphatic heterocycles. The molecule has 4 aliphatic rings. The Balaban J connectivity index is 0.000000492. The standard InChI is InChI=1S/C25H18N2O2.2C2H6/c28-25-22-15(11-26-25)19-14-7-3-4-8-16(14)27-18-10-9-17(29-18)20-12-5-1-2-6-13(12)21(22)23(20)24(19)27;2*1-2/h1-8,17-18,20H,9-11H2,(H,26,28);2*1-2H3. The van der Waals surface area contributed by atoms with Crippen molar-refractivity contribution < 1.29 is 9.53 Å². The zero-order valence-electron chi connectivity index (χ0n) is 19.7. The van der Waals surface area contributed by atoms with Gasteiger partial charge in [0.15, 0.2) is 0 Å². The van der Waals surface area contributed by atoms with Crippen molar-refractivity contribution in [2.45, 2.75) is 65.3 Å². The number of carbonyl (C=O) groups is 1. The zero-order valence-corrected chi connectivity index (χ0v) is 19.7. The van der Waals surface area contributed by atoms with Gasteiger partial charge in [-0.05, 0) is 41.2 Å². The van der Waals surface area contributed by atoms with Crippen LogP contribution in [0, 0.1) is 0 Å². The largest absolute Gasteiger partial charge is 0.354 e. The van der Waals surface area contributed by atoms with Gasteiger partial charge in [-0.3, -0.25) is 4.79 Å². The van der Waals surface area contributed by atoms with Crippen molar-refractivity contribution >= 4 is 27.7 Å². The van der Waals surface area contributed by atoms with Crippen LogP contribution in [0.2, 0.25) is 0 Å². The second kappa shape index (κ2) is 7.46. The first-order valence-corrected chi connectivity index (χ1v) is 12.5. The van der Waals surface area contributed by atoms with E-state index in [4.69, 9.17) is 4.74 Å². The summed E-state index contributed by atoms with van der Waals surface area (Å²) in [6, 6.07) is 17.3. The van der Waals surface area contributed by atoms with E-state index in [0.29, 0.717) is 6.54 Å². The van der Waals surface area contributed by atoms with Crippen molar-refractivity contribution in [3.05, 3.63) is 70.8 Å². The van der Waals surface area contributed by atoms with E-state index in [9.17, 15) is 4.79 Å². The molecule has 8 rings (SSSR count). The number of para-hydroxylation sites is 1. The molecule has 2 bridgehead atoms. The van der Waals surface area contributed by atoms with Crippen LogP contribution in [-0.2, 0) is 11.3 Å². The van der Waals surface area contributed by atoms with E-state index in [2.05, 4.69) is 58.4 Å². The molecular weight excluding hydrogens is 408 g/mol. The lowest BCUT2D eigenvalue weighted by Gasteiger charge is -2.20. The van der Waals surface area contributed by atoms with E-state index in [-0.39, 0.29) is 24.2 Å². The molecule has 1 saturated heterocycles. The van der Waals surface area contributed by atoms with Crippen molar-refractivity contribution in [1.29, 1.82) is 0 Å². The smallest absolute Gasteiger partial charge is 0.252 e. The average molecular weight is 439 g/mol. The molecular formula is C29H30N2O2. The summed E-state index contributed by atoms with van der Waals surface area (Å²) in [5, 5.41) is 5.61. The number of amides is 1. The first kappa shape index (κ1) is 20.5. The summed E-state index contributed by atoms with van der Waals surface area (Å²) in [4.78, 5) is 13.0. The van der Waals surface area contributed by atoms with Gasteiger partial charge in [0, 0.05) is 28.8 Å². The summed E-state index contributed by atoms with van der Waals surface area (Å²) in [5.41, 5.74) is 9.58. The fourth-order valence-corrected chi connectivity index (χ4v) is 6.55. The first-order valence-electron chi connectivity index (χ1n) is 12.5. The van der Waals surface area contributed by atoms with Gasteiger partial charge in [0.25, 0.3) is 5.91 Å². The van der Waals surface area contributed by atoms with Crippen LogP contribution >= 0.6 is 0 Å². The molecule has 1 aliphatic carbocycles. The molecule has 0 spiro atoms. The molecule has 0 radical (unpaired) electrons. The van der Waals surface area contributed by atoms with Crippen molar-refractivity contribution in [3.63, 3.8) is 0 Å². The Bertz CT molecular complexity index is 1430. The summed E-state index contributed by atoms with van der Waals surface area (Å²) in [6.07, 6.45) is 2.35. The predicted molar refractivity (Wildman–Crippen MR) is 134 cm³/mol. The third-order valence-corrected chi connectivity index (χ3v) is 7.51. The van der Waals surface area contributed by atoms with Crippen molar-refractivity contribution in [1.82, 2.24) is 9.88 Å². The Morgan fingerprint density at radius 1 is 0.939 bits per heavy atom. The molecule has 33 heavy (non-hydrogen) atoms. The van der Waals surface area contributed by atoms with Gasteiger partial charge in [0.1, 0.15) is 6.23 Å². The van der Waals surface area contributed by atoms with Crippen molar-refractivity contribution in [3.8, 4) is 11.1 Å². The van der Waals surface area contributed by atoms with Crippen LogP contribution in [0.15, 0.2) is 48.5 Å².